The summed E-state index contributed by atoms with van der Waals surface area (Å²) >= 11 is 5.84. The molecule has 3 aromatic heterocycles. The standard InChI is InChI=1S/C18H14ClFN8/c19-11-7-9(1-4-12(11)20)24-18-23-8-14-16(27-18)28(10-2-3-10)15(25-14)13-5-6-22-17(21)26-13/h1,4-8,10H,2-3H2,(H2,21,22,26)(H,23,24,27). The van der Waals surface area contributed by atoms with E-state index in [-0.39, 0.29) is 11.0 Å². The Hall–Kier alpha value is -3.33. The molecule has 0 atom stereocenters. The van der Waals surface area contributed by atoms with Gasteiger partial charge >= 0.3 is 0 Å². The first kappa shape index (κ1) is 16.8. The molecule has 1 fully saturated rings. The number of nitrogens with zero attached hydrogens (tertiary/aromatic N) is 6. The van der Waals surface area contributed by atoms with Gasteiger partial charge in [0.25, 0.3) is 0 Å². The van der Waals surface area contributed by atoms with Gasteiger partial charge in [0.1, 0.15) is 17.0 Å². The summed E-state index contributed by atoms with van der Waals surface area (Å²) in [5.74, 6) is 0.756. The molecule has 0 bridgehead atoms. The molecule has 0 aliphatic heterocycles. The number of fused-ring (bicyclic) bond motifs is 1. The highest BCUT2D eigenvalue weighted by atomic mass is 35.5. The molecule has 1 saturated carbocycles. The lowest BCUT2D eigenvalue weighted by Gasteiger charge is -2.08. The molecule has 10 heteroatoms. The quantitative estimate of drug-likeness (QED) is 0.541. The molecule has 0 radical (unpaired) electrons. The van der Waals surface area contributed by atoms with Crippen molar-refractivity contribution in [3.8, 4) is 11.5 Å². The van der Waals surface area contributed by atoms with Gasteiger partial charge < -0.3 is 15.6 Å². The lowest BCUT2D eigenvalue weighted by molar-refractivity contribution is 0.628. The van der Waals surface area contributed by atoms with Gasteiger partial charge in [-0.15, -0.1) is 0 Å². The van der Waals surface area contributed by atoms with Gasteiger partial charge in [-0.2, -0.15) is 4.98 Å². The summed E-state index contributed by atoms with van der Waals surface area (Å²) in [4.78, 5) is 21.8. The first-order valence-electron chi connectivity index (χ1n) is 8.64. The molecule has 1 aliphatic carbocycles. The van der Waals surface area contributed by atoms with Gasteiger partial charge in [0.15, 0.2) is 11.5 Å². The number of hydrogen-bond acceptors (Lipinski definition) is 7. The summed E-state index contributed by atoms with van der Waals surface area (Å²) in [6.07, 6.45) is 5.33. The van der Waals surface area contributed by atoms with Crippen molar-refractivity contribution in [3.63, 3.8) is 0 Å². The Labute approximate surface area is 163 Å². The third-order valence-electron chi connectivity index (χ3n) is 4.42. The summed E-state index contributed by atoms with van der Waals surface area (Å²) in [6, 6.07) is 6.41. The fraction of sp³-hybridized carbons (Fsp3) is 0.167. The Bertz CT molecular complexity index is 1200. The molecular formula is C18H14ClFN8. The molecule has 0 amide bonds. The molecular weight excluding hydrogens is 383 g/mol. The molecule has 140 valence electrons. The topological polar surface area (TPSA) is 107 Å². The molecule has 0 spiro atoms. The zero-order valence-electron chi connectivity index (χ0n) is 14.5. The highest BCUT2D eigenvalue weighted by molar-refractivity contribution is 6.31. The number of imidazole rings is 1. The maximum atomic E-state index is 13.4. The summed E-state index contributed by atoms with van der Waals surface area (Å²) in [5.41, 5.74) is 8.31. The predicted molar refractivity (Wildman–Crippen MR) is 104 cm³/mol. The van der Waals surface area contributed by atoms with Gasteiger partial charge in [0.2, 0.25) is 11.9 Å². The Morgan fingerprint density at radius 3 is 2.75 bits per heavy atom. The summed E-state index contributed by atoms with van der Waals surface area (Å²) < 4.78 is 15.4. The van der Waals surface area contributed by atoms with E-state index in [2.05, 4.69) is 34.8 Å². The third kappa shape index (κ3) is 2.99. The van der Waals surface area contributed by atoms with Crippen LogP contribution in [0.15, 0.2) is 36.7 Å². The van der Waals surface area contributed by atoms with Crippen molar-refractivity contribution in [1.82, 2.24) is 29.5 Å². The molecule has 0 saturated heterocycles. The van der Waals surface area contributed by atoms with E-state index in [4.69, 9.17) is 17.3 Å². The first-order chi connectivity index (χ1) is 13.6. The normalized spacial score (nSPS) is 13.8. The lowest BCUT2D eigenvalue weighted by Crippen LogP contribution is -2.03. The van der Waals surface area contributed by atoms with E-state index >= 15 is 0 Å². The Morgan fingerprint density at radius 1 is 1.14 bits per heavy atom. The second-order valence-corrected chi connectivity index (χ2v) is 6.90. The van der Waals surface area contributed by atoms with Gasteiger partial charge in [0, 0.05) is 17.9 Å². The molecule has 1 aliphatic rings. The van der Waals surface area contributed by atoms with Gasteiger partial charge in [0.05, 0.1) is 11.2 Å². The molecule has 5 rings (SSSR count). The van der Waals surface area contributed by atoms with E-state index in [1.807, 2.05) is 0 Å². The van der Waals surface area contributed by atoms with Gasteiger partial charge in [-0.3, -0.25) is 0 Å². The molecule has 3 N–H and O–H groups in total. The first-order valence-corrected chi connectivity index (χ1v) is 9.02. The van der Waals surface area contributed by atoms with Crippen LogP contribution in [0.5, 0.6) is 0 Å². The number of hydrogen-bond donors (Lipinski definition) is 2. The van der Waals surface area contributed by atoms with Crippen LogP contribution in [-0.4, -0.2) is 29.5 Å². The molecule has 8 nitrogen and oxygen atoms in total. The molecule has 3 heterocycles. The number of nitrogens with two attached hydrogens (primary N) is 1. The second kappa shape index (κ2) is 6.38. The van der Waals surface area contributed by atoms with E-state index in [0.29, 0.717) is 40.4 Å². The Balaban J connectivity index is 1.59. The minimum Gasteiger partial charge on any atom is -0.368 e. The smallest absolute Gasteiger partial charge is 0.229 e. The van der Waals surface area contributed by atoms with Crippen LogP contribution in [0.25, 0.3) is 22.7 Å². The van der Waals surface area contributed by atoms with E-state index < -0.39 is 5.82 Å². The highest BCUT2D eigenvalue weighted by Gasteiger charge is 2.30. The predicted octanol–water partition coefficient (Wildman–Crippen LogP) is 3.74. The van der Waals surface area contributed by atoms with Crippen molar-refractivity contribution >= 4 is 40.3 Å². The number of halogens is 2. The monoisotopic (exact) mass is 396 g/mol. The number of nitrogens with one attached hydrogen (secondary N) is 1. The minimum absolute atomic E-state index is 0.0257. The van der Waals surface area contributed by atoms with Crippen LogP contribution in [0.1, 0.15) is 18.9 Å². The number of benzene rings is 1. The van der Waals surface area contributed by atoms with Gasteiger partial charge in [-0.1, -0.05) is 11.6 Å². The number of aromatic nitrogens is 6. The van der Waals surface area contributed by atoms with Crippen molar-refractivity contribution < 1.29 is 4.39 Å². The van der Waals surface area contributed by atoms with Crippen molar-refractivity contribution in [2.24, 2.45) is 0 Å². The van der Waals surface area contributed by atoms with Crippen LogP contribution < -0.4 is 11.1 Å². The minimum atomic E-state index is -0.482. The molecule has 28 heavy (non-hydrogen) atoms. The van der Waals surface area contributed by atoms with Gasteiger partial charge in [-0.25, -0.2) is 24.3 Å². The van der Waals surface area contributed by atoms with Crippen molar-refractivity contribution in [1.29, 1.82) is 0 Å². The Morgan fingerprint density at radius 2 is 2.00 bits per heavy atom. The molecule has 1 aromatic carbocycles. The Kier molecular flexibility index (Phi) is 3.83. The average molecular weight is 397 g/mol. The largest absolute Gasteiger partial charge is 0.368 e. The van der Waals surface area contributed by atoms with Crippen molar-refractivity contribution in [2.45, 2.75) is 18.9 Å². The van der Waals surface area contributed by atoms with Crippen LogP contribution in [0.2, 0.25) is 5.02 Å². The zero-order chi connectivity index (χ0) is 19.3. The SMILES string of the molecule is Nc1nccc(-c2nc3cnc(Nc4ccc(F)c(Cl)c4)nc3n2C2CC2)n1. The van der Waals surface area contributed by atoms with E-state index in [9.17, 15) is 4.39 Å². The fourth-order valence-corrected chi connectivity index (χ4v) is 3.19. The highest BCUT2D eigenvalue weighted by Crippen LogP contribution is 2.40. The number of anilines is 3. The molecule has 4 aromatic rings. The van der Waals surface area contributed by atoms with Crippen LogP contribution in [0.4, 0.5) is 22.0 Å². The number of rotatable bonds is 4. The number of nitrogen functional groups attached to an aromatic ring is 1. The summed E-state index contributed by atoms with van der Waals surface area (Å²) in [6.45, 7) is 0. The maximum Gasteiger partial charge on any atom is 0.229 e. The maximum absolute atomic E-state index is 13.4. The average Bonchev–Trinajstić information content (AvgIpc) is 3.45. The van der Waals surface area contributed by atoms with Gasteiger partial charge in [-0.05, 0) is 37.1 Å². The van der Waals surface area contributed by atoms with Crippen molar-refractivity contribution in [2.75, 3.05) is 11.1 Å². The van der Waals surface area contributed by atoms with Crippen LogP contribution in [0, 0.1) is 5.82 Å². The van der Waals surface area contributed by atoms with Crippen molar-refractivity contribution in [3.05, 3.63) is 47.5 Å². The third-order valence-corrected chi connectivity index (χ3v) is 4.71. The fourth-order valence-electron chi connectivity index (χ4n) is 3.01. The second-order valence-electron chi connectivity index (χ2n) is 6.49. The van der Waals surface area contributed by atoms with E-state index in [1.165, 1.54) is 12.1 Å². The van der Waals surface area contributed by atoms with Crippen LogP contribution in [0.3, 0.4) is 0 Å². The molecule has 0 unspecified atom stereocenters. The zero-order valence-corrected chi connectivity index (χ0v) is 15.2. The summed E-state index contributed by atoms with van der Waals surface area (Å²) in [7, 11) is 0. The van der Waals surface area contributed by atoms with Crippen LogP contribution >= 0.6 is 11.6 Å². The lowest BCUT2D eigenvalue weighted by atomic mass is 10.3. The van der Waals surface area contributed by atoms with E-state index in [0.717, 1.165) is 12.8 Å². The van der Waals surface area contributed by atoms with Crippen LogP contribution in [-0.2, 0) is 0 Å². The summed E-state index contributed by atoms with van der Waals surface area (Å²) in [5, 5.41) is 3.07. The van der Waals surface area contributed by atoms with E-state index in [1.54, 1.807) is 24.5 Å².